The summed E-state index contributed by atoms with van der Waals surface area (Å²) in [5.41, 5.74) is 0.201. The molecule has 0 aromatic heterocycles. The molecule has 0 aliphatic rings. The fraction of sp³-hybridized carbons (Fsp3) is 0.0667. The number of carboxylic acid groups (broad SMARTS) is 1. The number of amides is 1. The Morgan fingerprint density at radius 2 is 1.59 bits per heavy atom. The monoisotopic (exact) mass is 307 g/mol. The molecule has 2 N–H and O–H groups in total. The summed E-state index contributed by atoms with van der Waals surface area (Å²) in [5.74, 6) is -1.87. The van der Waals surface area contributed by atoms with Gasteiger partial charge in [-0.3, -0.25) is 4.79 Å². The maximum Gasteiger partial charge on any atom is 0.387 e. The third kappa shape index (κ3) is 3.78. The molecule has 0 saturated carbocycles. The van der Waals surface area contributed by atoms with Gasteiger partial charge in [0.1, 0.15) is 5.75 Å². The van der Waals surface area contributed by atoms with E-state index in [0.717, 1.165) is 0 Å². The minimum atomic E-state index is -2.93. The zero-order chi connectivity index (χ0) is 16.1. The first-order valence-corrected chi connectivity index (χ1v) is 6.16. The van der Waals surface area contributed by atoms with Crippen LogP contribution in [0, 0.1) is 0 Å². The van der Waals surface area contributed by atoms with Crippen LogP contribution >= 0.6 is 0 Å². The Hall–Kier alpha value is -2.96. The largest absolute Gasteiger partial charge is 0.478 e. The second kappa shape index (κ2) is 6.66. The zero-order valence-corrected chi connectivity index (χ0v) is 11.1. The van der Waals surface area contributed by atoms with Crippen molar-refractivity contribution in [1.29, 1.82) is 0 Å². The molecule has 0 aliphatic heterocycles. The molecule has 0 radical (unpaired) electrons. The molecule has 22 heavy (non-hydrogen) atoms. The van der Waals surface area contributed by atoms with Crippen LogP contribution in [0.3, 0.4) is 0 Å². The first kappa shape index (κ1) is 15.4. The number of carboxylic acids is 1. The van der Waals surface area contributed by atoms with Crippen LogP contribution in [-0.4, -0.2) is 23.6 Å². The van der Waals surface area contributed by atoms with E-state index in [1.54, 1.807) is 6.07 Å². The van der Waals surface area contributed by atoms with Crippen LogP contribution in [0.25, 0.3) is 0 Å². The fourth-order valence-electron chi connectivity index (χ4n) is 1.79. The van der Waals surface area contributed by atoms with Gasteiger partial charge in [-0.25, -0.2) is 4.79 Å². The van der Waals surface area contributed by atoms with Crippen molar-refractivity contribution in [2.45, 2.75) is 6.61 Å². The van der Waals surface area contributed by atoms with Crippen molar-refractivity contribution in [2.24, 2.45) is 0 Å². The van der Waals surface area contributed by atoms with Crippen LogP contribution < -0.4 is 10.1 Å². The number of aromatic carboxylic acids is 1. The number of anilines is 1. The lowest BCUT2D eigenvalue weighted by atomic mass is 10.1. The highest BCUT2D eigenvalue weighted by Gasteiger charge is 2.15. The van der Waals surface area contributed by atoms with Crippen LogP contribution in [0.15, 0.2) is 48.5 Å². The van der Waals surface area contributed by atoms with Gasteiger partial charge in [0, 0.05) is 5.69 Å². The minimum absolute atomic E-state index is 0.00269. The molecule has 2 aromatic carbocycles. The van der Waals surface area contributed by atoms with E-state index in [1.807, 2.05) is 0 Å². The van der Waals surface area contributed by atoms with Gasteiger partial charge in [0.15, 0.2) is 0 Å². The first-order chi connectivity index (χ1) is 10.5. The maximum absolute atomic E-state index is 12.1. The lowest BCUT2D eigenvalue weighted by molar-refractivity contribution is -0.0498. The highest BCUT2D eigenvalue weighted by molar-refractivity contribution is 6.10. The van der Waals surface area contributed by atoms with Crippen LogP contribution in [0.2, 0.25) is 0 Å². The molecule has 0 heterocycles. The van der Waals surface area contributed by atoms with Crippen LogP contribution in [0.4, 0.5) is 14.5 Å². The zero-order valence-electron chi connectivity index (χ0n) is 11.1. The molecule has 0 atom stereocenters. The second-order valence-electron chi connectivity index (χ2n) is 4.21. The Kier molecular flexibility index (Phi) is 4.67. The van der Waals surface area contributed by atoms with E-state index in [9.17, 15) is 18.4 Å². The van der Waals surface area contributed by atoms with Gasteiger partial charge < -0.3 is 15.2 Å². The Bertz CT molecular complexity index is 686. The van der Waals surface area contributed by atoms with Crippen molar-refractivity contribution in [3.63, 3.8) is 0 Å². The average Bonchev–Trinajstić information content (AvgIpc) is 2.48. The molecular weight excluding hydrogens is 296 g/mol. The van der Waals surface area contributed by atoms with E-state index in [4.69, 9.17) is 5.11 Å². The van der Waals surface area contributed by atoms with Gasteiger partial charge in [-0.2, -0.15) is 8.78 Å². The van der Waals surface area contributed by atoms with Gasteiger partial charge in [0.2, 0.25) is 0 Å². The third-order valence-corrected chi connectivity index (χ3v) is 2.74. The maximum atomic E-state index is 12.1. The summed E-state index contributed by atoms with van der Waals surface area (Å²) in [6, 6.07) is 11.0. The minimum Gasteiger partial charge on any atom is -0.478 e. The molecule has 1 amide bonds. The number of alkyl halides is 2. The SMILES string of the molecule is O=C(O)c1ccccc1C(=O)Nc1ccc(OC(F)F)cc1. The summed E-state index contributed by atoms with van der Waals surface area (Å²) in [6.45, 7) is -2.93. The van der Waals surface area contributed by atoms with Gasteiger partial charge in [0.25, 0.3) is 5.91 Å². The van der Waals surface area contributed by atoms with E-state index < -0.39 is 18.5 Å². The molecule has 0 fully saturated rings. The molecule has 0 unspecified atom stereocenters. The number of benzene rings is 2. The number of ether oxygens (including phenoxy) is 1. The average molecular weight is 307 g/mol. The summed E-state index contributed by atoms with van der Waals surface area (Å²) in [4.78, 5) is 23.1. The van der Waals surface area contributed by atoms with Gasteiger partial charge in [-0.05, 0) is 36.4 Å². The number of carbonyl (C=O) groups is 2. The van der Waals surface area contributed by atoms with E-state index in [1.165, 1.54) is 42.5 Å². The Labute approximate surface area is 124 Å². The number of halogens is 2. The van der Waals surface area contributed by atoms with E-state index >= 15 is 0 Å². The Balaban J connectivity index is 2.14. The van der Waals surface area contributed by atoms with Crippen molar-refractivity contribution in [3.8, 4) is 5.75 Å². The van der Waals surface area contributed by atoms with Crippen molar-refractivity contribution in [1.82, 2.24) is 0 Å². The second-order valence-corrected chi connectivity index (χ2v) is 4.21. The number of rotatable bonds is 5. The van der Waals surface area contributed by atoms with E-state index in [-0.39, 0.29) is 16.9 Å². The molecule has 0 bridgehead atoms. The molecule has 2 aromatic rings. The van der Waals surface area contributed by atoms with Gasteiger partial charge in [0.05, 0.1) is 11.1 Å². The highest BCUT2D eigenvalue weighted by Crippen LogP contribution is 2.19. The summed E-state index contributed by atoms with van der Waals surface area (Å²) in [7, 11) is 0. The highest BCUT2D eigenvalue weighted by atomic mass is 19.3. The normalized spacial score (nSPS) is 10.3. The molecule has 2 rings (SSSR count). The smallest absolute Gasteiger partial charge is 0.387 e. The number of nitrogens with one attached hydrogen (secondary N) is 1. The predicted octanol–water partition coefficient (Wildman–Crippen LogP) is 3.24. The fourth-order valence-corrected chi connectivity index (χ4v) is 1.79. The summed E-state index contributed by atoms with van der Waals surface area (Å²) in [5, 5.41) is 11.5. The van der Waals surface area contributed by atoms with Crippen molar-refractivity contribution in [2.75, 3.05) is 5.32 Å². The first-order valence-electron chi connectivity index (χ1n) is 6.16. The summed E-state index contributed by atoms with van der Waals surface area (Å²) in [6.07, 6.45) is 0. The standard InChI is InChI=1S/C15H11F2NO4/c16-15(17)22-10-7-5-9(6-8-10)18-13(19)11-3-1-2-4-12(11)14(20)21/h1-8,15H,(H,18,19)(H,20,21). The summed E-state index contributed by atoms with van der Waals surface area (Å²) >= 11 is 0. The quantitative estimate of drug-likeness (QED) is 0.889. The van der Waals surface area contributed by atoms with Crippen LogP contribution in [0.5, 0.6) is 5.75 Å². The Morgan fingerprint density at radius 1 is 1.00 bits per heavy atom. The predicted molar refractivity (Wildman–Crippen MR) is 74.4 cm³/mol. The third-order valence-electron chi connectivity index (χ3n) is 2.74. The van der Waals surface area contributed by atoms with Crippen LogP contribution in [-0.2, 0) is 0 Å². The molecule has 7 heteroatoms. The molecule has 0 aliphatic carbocycles. The van der Waals surface area contributed by atoms with E-state index in [0.29, 0.717) is 5.69 Å². The lowest BCUT2D eigenvalue weighted by Gasteiger charge is -2.09. The van der Waals surface area contributed by atoms with Crippen LogP contribution in [0.1, 0.15) is 20.7 Å². The molecular formula is C15H11F2NO4. The summed E-state index contributed by atoms with van der Waals surface area (Å²) < 4.78 is 28.2. The molecule has 114 valence electrons. The number of carbonyl (C=O) groups excluding carboxylic acids is 1. The van der Waals surface area contributed by atoms with Gasteiger partial charge in [-0.1, -0.05) is 12.1 Å². The topological polar surface area (TPSA) is 75.6 Å². The molecule has 0 spiro atoms. The van der Waals surface area contributed by atoms with Crippen molar-refractivity contribution >= 4 is 17.6 Å². The van der Waals surface area contributed by atoms with Gasteiger partial charge in [-0.15, -0.1) is 0 Å². The molecule has 0 saturated heterocycles. The Morgan fingerprint density at radius 3 is 2.14 bits per heavy atom. The number of hydrogen-bond acceptors (Lipinski definition) is 3. The lowest BCUT2D eigenvalue weighted by Crippen LogP contribution is -2.16. The van der Waals surface area contributed by atoms with E-state index in [2.05, 4.69) is 10.1 Å². The van der Waals surface area contributed by atoms with Crippen molar-refractivity contribution < 1.29 is 28.2 Å². The molecule has 5 nitrogen and oxygen atoms in total. The van der Waals surface area contributed by atoms with Crippen molar-refractivity contribution in [3.05, 3.63) is 59.7 Å². The number of hydrogen-bond donors (Lipinski definition) is 2. The van der Waals surface area contributed by atoms with Gasteiger partial charge >= 0.3 is 12.6 Å².